The van der Waals surface area contributed by atoms with Crippen molar-refractivity contribution in [1.29, 1.82) is 5.26 Å². The van der Waals surface area contributed by atoms with E-state index in [1.807, 2.05) is 13.0 Å². The minimum absolute atomic E-state index is 0.405. The predicted octanol–water partition coefficient (Wildman–Crippen LogP) is 2.01. The van der Waals surface area contributed by atoms with Gasteiger partial charge in [-0.25, -0.2) is 4.79 Å². The molecule has 17 heavy (non-hydrogen) atoms. The lowest BCUT2D eigenvalue weighted by Crippen LogP contribution is -2.29. The van der Waals surface area contributed by atoms with Crippen LogP contribution in [0.4, 0.5) is 5.69 Å². The van der Waals surface area contributed by atoms with Crippen LogP contribution in [0.2, 0.25) is 0 Å². The van der Waals surface area contributed by atoms with Crippen molar-refractivity contribution in [2.24, 2.45) is 0 Å². The average Bonchev–Trinajstić information content (AvgIpc) is 2.34. The van der Waals surface area contributed by atoms with E-state index >= 15 is 0 Å². The Balaban J connectivity index is 2.79. The lowest BCUT2D eigenvalue weighted by atomic mass is 10.1. The van der Waals surface area contributed by atoms with E-state index in [2.05, 4.69) is 10.3 Å². The molecule has 1 aromatic heterocycles. The van der Waals surface area contributed by atoms with Crippen molar-refractivity contribution in [3.8, 4) is 6.07 Å². The number of rotatable bonds is 6. The van der Waals surface area contributed by atoms with Crippen molar-refractivity contribution >= 4 is 11.7 Å². The number of carbonyl (C=O) groups is 1. The second-order valence-electron chi connectivity index (χ2n) is 3.71. The summed E-state index contributed by atoms with van der Waals surface area (Å²) in [6.07, 6.45) is 5.27. The van der Waals surface area contributed by atoms with Gasteiger partial charge in [0.2, 0.25) is 0 Å². The number of nitrogens with zero attached hydrogens (tertiary/aromatic N) is 2. The van der Waals surface area contributed by atoms with Crippen LogP contribution in [-0.2, 0) is 4.79 Å². The van der Waals surface area contributed by atoms with Crippen LogP contribution in [0.15, 0.2) is 18.5 Å². The highest BCUT2D eigenvalue weighted by molar-refractivity contribution is 5.78. The summed E-state index contributed by atoms with van der Waals surface area (Å²) in [6, 6.07) is 2.88. The predicted molar refractivity (Wildman–Crippen MR) is 63.5 cm³/mol. The number of unbranched alkanes of at least 4 members (excludes halogenated alkanes) is 1. The van der Waals surface area contributed by atoms with Crippen LogP contribution in [0.5, 0.6) is 0 Å². The van der Waals surface area contributed by atoms with E-state index in [0.717, 1.165) is 12.8 Å². The molecule has 1 heterocycles. The molecule has 0 aromatic carbocycles. The van der Waals surface area contributed by atoms with Crippen LogP contribution in [0, 0.1) is 11.3 Å². The Hall–Kier alpha value is -2.09. The molecule has 2 N–H and O–H groups in total. The molecular formula is C12H15N3O2. The lowest BCUT2D eigenvalue weighted by molar-refractivity contribution is -0.138. The minimum Gasteiger partial charge on any atom is -0.480 e. The summed E-state index contributed by atoms with van der Waals surface area (Å²) in [7, 11) is 0. The standard InChI is InChI=1S/C12H15N3O2/c1-2-3-4-10(12(16)17)15-11-8-14-6-5-9(11)7-13/h5-6,8,10,15H,2-4H2,1H3,(H,16,17). The van der Waals surface area contributed by atoms with Crippen molar-refractivity contribution in [1.82, 2.24) is 4.98 Å². The van der Waals surface area contributed by atoms with Gasteiger partial charge in [-0.15, -0.1) is 0 Å². The fraction of sp³-hybridized carbons (Fsp3) is 0.417. The maximum absolute atomic E-state index is 11.0. The number of hydrogen-bond donors (Lipinski definition) is 2. The molecule has 5 nitrogen and oxygen atoms in total. The number of pyridine rings is 1. The van der Waals surface area contributed by atoms with Crippen LogP contribution < -0.4 is 5.32 Å². The molecule has 0 spiro atoms. The molecule has 5 heteroatoms. The maximum Gasteiger partial charge on any atom is 0.326 e. The molecule has 0 aliphatic carbocycles. The van der Waals surface area contributed by atoms with Gasteiger partial charge in [0, 0.05) is 6.20 Å². The molecule has 1 aromatic rings. The molecule has 0 fully saturated rings. The summed E-state index contributed by atoms with van der Waals surface area (Å²) in [5.74, 6) is -0.911. The Labute approximate surface area is 100 Å². The molecule has 0 saturated carbocycles. The van der Waals surface area contributed by atoms with Gasteiger partial charge < -0.3 is 10.4 Å². The summed E-state index contributed by atoms with van der Waals surface area (Å²) in [6.45, 7) is 2.00. The van der Waals surface area contributed by atoms with Crippen molar-refractivity contribution in [3.63, 3.8) is 0 Å². The second kappa shape index (κ2) is 6.48. The highest BCUT2D eigenvalue weighted by Gasteiger charge is 2.17. The molecule has 0 radical (unpaired) electrons. The van der Waals surface area contributed by atoms with Crippen LogP contribution in [0.1, 0.15) is 31.7 Å². The van der Waals surface area contributed by atoms with Crippen molar-refractivity contribution < 1.29 is 9.90 Å². The second-order valence-corrected chi connectivity index (χ2v) is 3.71. The first-order valence-corrected chi connectivity index (χ1v) is 5.52. The normalized spacial score (nSPS) is 11.5. The van der Waals surface area contributed by atoms with Gasteiger partial charge in [0.15, 0.2) is 0 Å². The summed E-state index contributed by atoms with van der Waals surface area (Å²) in [5, 5.41) is 20.8. The number of hydrogen-bond acceptors (Lipinski definition) is 4. The van der Waals surface area contributed by atoms with E-state index in [4.69, 9.17) is 10.4 Å². The molecule has 0 saturated heterocycles. The monoisotopic (exact) mass is 233 g/mol. The van der Waals surface area contributed by atoms with Gasteiger partial charge >= 0.3 is 5.97 Å². The topological polar surface area (TPSA) is 86.0 Å². The van der Waals surface area contributed by atoms with E-state index in [0.29, 0.717) is 17.7 Å². The summed E-state index contributed by atoms with van der Waals surface area (Å²) in [4.78, 5) is 14.9. The van der Waals surface area contributed by atoms with E-state index in [1.165, 1.54) is 12.4 Å². The molecule has 0 aliphatic rings. The largest absolute Gasteiger partial charge is 0.480 e. The third-order valence-corrected chi connectivity index (χ3v) is 2.42. The Morgan fingerprint density at radius 3 is 3.06 bits per heavy atom. The van der Waals surface area contributed by atoms with Gasteiger partial charge in [0.25, 0.3) is 0 Å². The summed E-state index contributed by atoms with van der Waals surface area (Å²) >= 11 is 0. The Bertz CT molecular complexity index is 426. The van der Waals surface area contributed by atoms with Crippen LogP contribution in [0.3, 0.4) is 0 Å². The first kappa shape index (κ1) is 13.0. The Kier molecular flexibility index (Phi) is 4.95. The fourth-order valence-corrected chi connectivity index (χ4v) is 1.46. The Morgan fingerprint density at radius 2 is 2.47 bits per heavy atom. The number of nitriles is 1. The third kappa shape index (κ3) is 3.76. The molecule has 0 aliphatic heterocycles. The van der Waals surface area contributed by atoms with E-state index in [1.54, 1.807) is 6.07 Å². The Morgan fingerprint density at radius 1 is 1.71 bits per heavy atom. The highest BCUT2D eigenvalue weighted by atomic mass is 16.4. The van der Waals surface area contributed by atoms with Gasteiger partial charge in [-0.1, -0.05) is 19.8 Å². The zero-order chi connectivity index (χ0) is 12.7. The quantitative estimate of drug-likeness (QED) is 0.784. The smallest absolute Gasteiger partial charge is 0.326 e. The number of aliphatic carboxylic acids is 1. The molecule has 1 atom stereocenters. The van der Waals surface area contributed by atoms with Crippen molar-refractivity contribution in [2.45, 2.75) is 32.2 Å². The number of nitrogens with one attached hydrogen (secondary N) is 1. The number of aromatic nitrogens is 1. The fourth-order valence-electron chi connectivity index (χ4n) is 1.46. The van der Waals surface area contributed by atoms with Crippen LogP contribution >= 0.6 is 0 Å². The number of carboxylic acids is 1. The van der Waals surface area contributed by atoms with E-state index < -0.39 is 12.0 Å². The highest BCUT2D eigenvalue weighted by Crippen LogP contribution is 2.15. The summed E-state index contributed by atoms with van der Waals surface area (Å²) < 4.78 is 0. The van der Waals surface area contributed by atoms with Gasteiger partial charge in [-0.2, -0.15) is 5.26 Å². The van der Waals surface area contributed by atoms with Crippen molar-refractivity contribution in [3.05, 3.63) is 24.0 Å². The number of carboxylic acid groups (broad SMARTS) is 1. The summed E-state index contributed by atoms with van der Waals surface area (Å²) in [5.41, 5.74) is 0.876. The lowest BCUT2D eigenvalue weighted by Gasteiger charge is -2.15. The van der Waals surface area contributed by atoms with E-state index in [-0.39, 0.29) is 0 Å². The first-order valence-electron chi connectivity index (χ1n) is 5.52. The molecule has 1 rings (SSSR count). The molecule has 0 bridgehead atoms. The van der Waals surface area contributed by atoms with Crippen molar-refractivity contribution in [2.75, 3.05) is 5.32 Å². The zero-order valence-corrected chi connectivity index (χ0v) is 9.68. The van der Waals surface area contributed by atoms with Crippen LogP contribution in [0.25, 0.3) is 0 Å². The van der Waals surface area contributed by atoms with Gasteiger partial charge in [-0.05, 0) is 12.5 Å². The first-order chi connectivity index (χ1) is 8.19. The molecule has 90 valence electrons. The minimum atomic E-state index is -0.911. The van der Waals surface area contributed by atoms with Gasteiger partial charge in [0.05, 0.1) is 17.4 Å². The zero-order valence-electron chi connectivity index (χ0n) is 9.68. The maximum atomic E-state index is 11.0. The van der Waals surface area contributed by atoms with Crippen LogP contribution in [-0.4, -0.2) is 22.1 Å². The molecule has 1 unspecified atom stereocenters. The van der Waals surface area contributed by atoms with Gasteiger partial charge in [-0.3, -0.25) is 4.98 Å². The number of anilines is 1. The SMILES string of the molecule is CCCCC(Nc1cnccc1C#N)C(=O)O. The molecule has 0 amide bonds. The molecular weight excluding hydrogens is 218 g/mol. The third-order valence-electron chi connectivity index (χ3n) is 2.42. The van der Waals surface area contributed by atoms with Gasteiger partial charge in [0.1, 0.15) is 12.1 Å². The van der Waals surface area contributed by atoms with E-state index in [9.17, 15) is 4.79 Å². The average molecular weight is 233 g/mol.